The van der Waals surface area contributed by atoms with Crippen LogP contribution in [0.5, 0.6) is 0 Å². The van der Waals surface area contributed by atoms with Gasteiger partial charge in [0, 0.05) is 7.26 Å². The van der Waals surface area contributed by atoms with Gasteiger partial charge in [0.15, 0.2) is 0 Å². The Bertz CT molecular complexity index is 573. The summed E-state index contributed by atoms with van der Waals surface area (Å²) in [7, 11) is -1.25. The van der Waals surface area contributed by atoms with E-state index < -0.39 is 7.26 Å². The highest BCUT2D eigenvalue weighted by atomic mass is 31.2. The maximum Gasteiger partial charge on any atom is 0.0851 e. The van der Waals surface area contributed by atoms with Gasteiger partial charge in [0.1, 0.15) is 0 Å². The summed E-state index contributed by atoms with van der Waals surface area (Å²) >= 11 is 0. The predicted molar refractivity (Wildman–Crippen MR) is 111 cm³/mol. The smallest absolute Gasteiger partial charge is 0.0622 e. The normalized spacial score (nSPS) is 13.1. The van der Waals surface area contributed by atoms with Gasteiger partial charge < -0.3 is 0 Å². The van der Waals surface area contributed by atoms with Crippen molar-refractivity contribution >= 4 is 7.26 Å². The Hall–Kier alpha value is -1.13. The van der Waals surface area contributed by atoms with Crippen molar-refractivity contribution in [2.75, 3.05) is 6.16 Å². The largest absolute Gasteiger partial charge is 0.0851 e. The Balaban J connectivity index is 2.47. The van der Waals surface area contributed by atoms with E-state index >= 15 is 0 Å². The van der Waals surface area contributed by atoms with Crippen molar-refractivity contribution in [3.05, 3.63) is 71.8 Å². The van der Waals surface area contributed by atoms with Gasteiger partial charge >= 0.3 is 0 Å². The van der Waals surface area contributed by atoms with Crippen molar-refractivity contribution in [1.82, 2.24) is 0 Å². The number of hydrogen-bond acceptors (Lipinski definition) is 0. The van der Waals surface area contributed by atoms with Crippen LogP contribution < -0.4 is 0 Å². The van der Waals surface area contributed by atoms with Gasteiger partial charge in [-0.1, -0.05) is 81.4 Å². The lowest BCUT2D eigenvalue weighted by Crippen LogP contribution is -2.30. The van der Waals surface area contributed by atoms with Gasteiger partial charge in [-0.15, -0.1) is 0 Å². The highest BCUT2D eigenvalue weighted by Gasteiger charge is 2.51. The van der Waals surface area contributed by atoms with E-state index in [0.29, 0.717) is 10.6 Å². The average molecular weight is 341 g/mol. The number of benzene rings is 2. The first kappa shape index (κ1) is 19.2. The van der Waals surface area contributed by atoms with Crippen LogP contribution in [0.25, 0.3) is 0 Å². The van der Waals surface area contributed by atoms with Gasteiger partial charge in [-0.25, -0.2) is 0 Å². The molecule has 0 atom stereocenters. The topological polar surface area (TPSA) is 0 Å². The second-order valence-electron chi connectivity index (χ2n) is 9.32. The lowest BCUT2D eigenvalue weighted by Gasteiger charge is -2.42. The predicted octanol–water partition coefficient (Wildman–Crippen LogP) is 7.25. The third-order valence-electron chi connectivity index (χ3n) is 4.86. The molecule has 0 N–H and O–H groups in total. The minimum Gasteiger partial charge on any atom is -0.0622 e. The summed E-state index contributed by atoms with van der Waals surface area (Å²) in [5.74, 6) is 0. The molecule has 0 saturated carbocycles. The monoisotopic (exact) mass is 341 g/mol. The first-order valence-electron chi connectivity index (χ1n) is 9.05. The lowest BCUT2D eigenvalue weighted by atomic mass is 10.0. The summed E-state index contributed by atoms with van der Waals surface area (Å²) in [6.45, 7) is 14.6. The molecular weight excluding hydrogens is 307 g/mol. The molecule has 0 nitrogen and oxygen atoms in total. The molecule has 0 fully saturated rings. The van der Waals surface area contributed by atoms with Crippen LogP contribution >= 0.6 is 7.26 Å². The molecule has 1 heteroatoms. The fourth-order valence-corrected chi connectivity index (χ4v) is 9.05. The van der Waals surface area contributed by atoms with Crippen LogP contribution in [-0.2, 0) is 12.3 Å². The summed E-state index contributed by atoms with van der Waals surface area (Å²) in [5, 5.41) is 0.339. The van der Waals surface area contributed by atoms with Crippen LogP contribution in [0.15, 0.2) is 60.7 Å². The summed E-state index contributed by atoms with van der Waals surface area (Å²) in [5.41, 5.74) is 3.35. The molecule has 0 spiro atoms. The van der Waals surface area contributed by atoms with Gasteiger partial charge in [-0.3, -0.25) is 0 Å². The summed E-state index contributed by atoms with van der Waals surface area (Å²) < 4.78 is 0. The molecular formula is C23H34P+. The molecule has 0 amide bonds. The molecule has 0 aliphatic rings. The van der Waals surface area contributed by atoms with E-state index in [2.05, 4.69) is 102 Å². The molecule has 0 aliphatic heterocycles. The Morgan fingerprint density at radius 2 is 1.00 bits per heavy atom. The van der Waals surface area contributed by atoms with Crippen LogP contribution in [0.3, 0.4) is 0 Å². The molecule has 24 heavy (non-hydrogen) atoms. The van der Waals surface area contributed by atoms with E-state index in [-0.39, 0.29) is 0 Å². The fourth-order valence-electron chi connectivity index (χ4n) is 3.65. The van der Waals surface area contributed by atoms with Gasteiger partial charge in [0.25, 0.3) is 0 Å². The van der Waals surface area contributed by atoms with Gasteiger partial charge in [0.05, 0.1) is 23.6 Å². The Morgan fingerprint density at radius 3 is 1.29 bits per heavy atom. The Kier molecular flexibility index (Phi) is 5.92. The zero-order valence-corrected chi connectivity index (χ0v) is 17.2. The summed E-state index contributed by atoms with van der Waals surface area (Å²) in [4.78, 5) is 0. The van der Waals surface area contributed by atoms with Crippen LogP contribution in [0.4, 0.5) is 0 Å². The average Bonchev–Trinajstić information content (AvgIpc) is 2.46. The summed E-state index contributed by atoms with van der Waals surface area (Å²) in [6.07, 6.45) is 3.81. The SMILES string of the molecule is CC(C)(C)C[P+](Cc1ccccc1)(Cc1ccccc1)C(C)(C)C. The maximum absolute atomic E-state index is 2.47. The van der Waals surface area contributed by atoms with E-state index in [1.165, 1.54) is 29.6 Å². The van der Waals surface area contributed by atoms with Gasteiger partial charge in [-0.2, -0.15) is 0 Å². The molecule has 2 aromatic rings. The highest BCUT2D eigenvalue weighted by molar-refractivity contribution is 7.75. The standard InChI is InChI=1S/C23H34P/c1-22(2,3)19-24(23(4,5)6,17-20-13-9-7-10-14-20)18-21-15-11-8-12-16-21/h7-16H,17-19H2,1-6H3/q+1. The molecule has 2 aromatic carbocycles. The van der Waals surface area contributed by atoms with E-state index in [1.807, 2.05) is 0 Å². The minimum atomic E-state index is -1.25. The molecule has 2 rings (SSSR count). The second kappa shape index (κ2) is 7.40. The molecule has 0 radical (unpaired) electrons. The van der Waals surface area contributed by atoms with Gasteiger partial charge in [-0.05, 0) is 37.3 Å². The van der Waals surface area contributed by atoms with Gasteiger partial charge in [0.2, 0.25) is 0 Å². The van der Waals surface area contributed by atoms with Crippen molar-refractivity contribution in [3.63, 3.8) is 0 Å². The quantitative estimate of drug-likeness (QED) is 0.502. The van der Waals surface area contributed by atoms with Crippen molar-refractivity contribution in [2.24, 2.45) is 5.41 Å². The zero-order valence-electron chi connectivity index (χ0n) is 16.3. The molecule has 0 aliphatic carbocycles. The van der Waals surface area contributed by atoms with E-state index in [0.717, 1.165) is 0 Å². The van der Waals surface area contributed by atoms with Crippen molar-refractivity contribution in [1.29, 1.82) is 0 Å². The van der Waals surface area contributed by atoms with E-state index in [4.69, 9.17) is 0 Å². The third-order valence-corrected chi connectivity index (χ3v) is 11.2. The van der Waals surface area contributed by atoms with E-state index in [1.54, 1.807) is 0 Å². The lowest BCUT2D eigenvalue weighted by molar-refractivity contribution is 0.469. The van der Waals surface area contributed by atoms with Crippen molar-refractivity contribution in [3.8, 4) is 0 Å². The third kappa shape index (κ3) is 5.18. The first-order chi connectivity index (χ1) is 11.1. The highest BCUT2D eigenvalue weighted by Crippen LogP contribution is 2.74. The maximum atomic E-state index is 2.47. The first-order valence-corrected chi connectivity index (χ1v) is 11.4. The fraction of sp³-hybridized carbons (Fsp3) is 0.478. The van der Waals surface area contributed by atoms with Crippen LogP contribution in [0.1, 0.15) is 52.7 Å². The van der Waals surface area contributed by atoms with Crippen LogP contribution in [0.2, 0.25) is 0 Å². The molecule has 130 valence electrons. The molecule has 0 heterocycles. The molecule has 0 bridgehead atoms. The summed E-state index contributed by atoms with van der Waals surface area (Å²) in [6, 6.07) is 22.3. The second-order valence-corrected chi connectivity index (χ2v) is 13.9. The van der Waals surface area contributed by atoms with Crippen molar-refractivity contribution < 1.29 is 0 Å². The van der Waals surface area contributed by atoms with Crippen LogP contribution in [0, 0.1) is 5.41 Å². The zero-order chi connectivity index (χ0) is 17.8. The van der Waals surface area contributed by atoms with E-state index in [9.17, 15) is 0 Å². The Morgan fingerprint density at radius 1 is 0.625 bits per heavy atom. The molecule has 0 saturated heterocycles. The number of rotatable bonds is 5. The van der Waals surface area contributed by atoms with Crippen LogP contribution in [-0.4, -0.2) is 11.3 Å². The Labute approximate surface area is 150 Å². The number of hydrogen-bond donors (Lipinski definition) is 0. The minimum absolute atomic E-state index is 0.339. The van der Waals surface area contributed by atoms with Crippen molar-refractivity contribution in [2.45, 2.75) is 59.0 Å². The molecule has 0 aromatic heterocycles. The molecule has 0 unspecified atom stereocenters.